The van der Waals surface area contributed by atoms with E-state index in [1.165, 1.54) is 12.5 Å². The molecule has 0 saturated heterocycles. The summed E-state index contributed by atoms with van der Waals surface area (Å²) >= 11 is 1.66. The highest BCUT2D eigenvalue weighted by Gasteiger charge is 1.94. The van der Waals surface area contributed by atoms with Gasteiger partial charge in [0.05, 0.1) is 6.61 Å². The molecule has 0 radical (unpaired) electrons. The first-order chi connectivity index (χ1) is 5.29. The molecule has 1 heterocycles. The lowest BCUT2D eigenvalue weighted by atomic mass is 10.3. The van der Waals surface area contributed by atoms with E-state index in [1.54, 1.807) is 11.3 Å². The maximum Gasteiger partial charge on any atom is 0.302 e. The topological polar surface area (TPSA) is 26.3 Å². The molecular formula is C8H11ClO2S. The third-order valence-corrected chi connectivity index (χ3v) is 2.01. The van der Waals surface area contributed by atoms with Crippen LogP contribution in [0.3, 0.4) is 0 Å². The molecule has 0 bridgehead atoms. The molecule has 1 aromatic heterocycles. The van der Waals surface area contributed by atoms with Gasteiger partial charge in [-0.1, -0.05) is 0 Å². The van der Waals surface area contributed by atoms with Crippen molar-refractivity contribution in [2.45, 2.75) is 13.3 Å². The largest absolute Gasteiger partial charge is 0.466 e. The standard InChI is InChI=1S/C8H10O2S.ClH/c1-7(9)10-4-2-8-3-5-11-6-8;/h3,5-6H,2,4H2,1H3;1H. The Morgan fingerprint density at radius 2 is 2.42 bits per heavy atom. The van der Waals surface area contributed by atoms with E-state index >= 15 is 0 Å². The fraction of sp³-hybridized carbons (Fsp3) is 0.375. The van der Waals surface area contributed by atoms with Crippen LogP contribution in [0.2, 0.25) is 0 Å². The van der Waals surface area contributed by atoms with Gasteiger partial charge >= 0.3 is 5.97 Å². The van der Waals surface area contributed by atoms with Gasteiger partial charge in [0.1, 0.15) is 0 Å². The first-order valence-corrected chi connectivity index (χ1v) is 4.38. The number of ether oxygens (including phenoxy) is 1. The second-order valence-corrected chi connectivity index (χ2v) is 3.00. The van der Waals surface area contributed by atoms with E-state index < -0.39 is 0 Å². The van der Waals surface area contributed by atoms with Gasteiger partial charge in [0, 0.05) is 13.3 Å². The summed E-state index contributed by atoms with van der Waals surface area (Å²) in [6.07, 6.45) is 0.822. The van der Waals surface area contributed by atoms with Crippen molar-refractivity contribution in [3.05, 3.63) is 22.4 Å². The average molecular weight is 207 g/mol. The Hall–Kier alpha value is -0.540. The summed E-state index contributed by atoms with van der Waals surface area (Å²) in [4.78, 5) is 10.4. The maximum absolute atomic E-state index is 10.4. The van der Waals surface area contributed by atoms with Crippen molar-refractivity contribution in [2.75, 3.05) is 6.61 Å². The molecular weight excluding hydrogens is 196 g/mol. The van der Waals surface area contributed by atoms with Crippen LogP contribution in [0.25, 0.3) is 0 Å². The number of carbonyl (C=O) groups is 1. The summed E-state index contributed by atoms with van der Waals surface area (Å²) in [5.74, 6) is -0.208. The molecule has 0 fully saturated rings. The minimum absolute atomic E-state index is 0. The van der Waals surface area contributed by atoms with Gasteiger partial charge in [-0.05, 0) is 22.4 Å². The Labute approximate surface area is 82.0 Å². The SMILES string of the molecule is CC(=O)OCCc1ccsc1.Cl. The van der Waals surface area contributed by atoms with Gasteiger partial charge in [-0.2, -0.15) is 11.3 Å². The third-order valence-electron chi connectivity index (χ3n) is 1.28. The predicted octanol–water partition coefficient (Wildman–Crippen LogP) is 2.28. The van der Waals surface area contributed by atoms with E-state index in [0.29, 0.717) is 6.61 Å². The van der Waals surface area contributed by atoms with Crippen molar-refractivity contribution >= 4 is 29.7 Å². The van der Waals surface area contributed by atoms with E-state index in [-0.39, 0.29) is 18.4 Å². The molecule has 0 unspecified atom stereocenters. The molecule has 1 aromatic rings. The first kappa shape index (κ1) is 11.5. The zero-order valence-corrected chi connectivity index (χ0v) is 8.41. The van der Waals surface area contributed by atoms with E-state index in [1.807, 2.05) is 11.4 Å². The van der Waals surface area contributed by atoms with E-state index in [9.17, 15) is 4.79 Å². The molecule has 1 rings (SSSR count). The number of esters is 1. The number of hydrogen-bond donors (Lipinski definition) is 0. The molecule has 0 saturated carbocycles. The Morgan fingerprint density at radius 3 is 2.92 bits per heavy atom. The molecule has 0 aliphatic rings. The maximum atomic E-state index is 10.4. The number of rotatable bonds is 3. The fourth-order valence-corrected chi connectivity index (χ4v) is 1.45. The van der Waals surface area contributed by atoms with Crippen LogP contribution >= 0.6 is 23.7 Å². The number of carbonyl (C=O) groups excluding carboxylic acids is 1. The Bertz CT molecular complexity index is 221. The summed E-state index contributed by atoms with van der Waals surface area (Å²) in [6, 6.07) is 2.04. The van der Waals surface area contributed by atoms with Crippen LogP contribution in [-0.4, -0.2) is 12.6 Å². The molecule has 0 atom stereocenters. The molecule has 68 valence electrons. The third kappa shape index (κ3) is 4.36. The van der Waals surface area contributed by atoms with Gasteiger partial charge in [-0.15, -0.1) is 12.4 Å². The molecule has 12 heavy (non-hydrogen) atoms. The summed E-state index contributed by atoms with van der Waals surface area (Å²) in [5.41, 5.74) is 1.23. The molecule has 2 nitrogen and oxygen atoms in total. The smallest absolute Gasteiger partial charge is 0.302 e. The zero-order valence-electron chi connectivity index (χ0n) is 6.78. The molecule has 0 amide bonds. The predicted molar refractivity (Wildman–Crippen MR) is 51.9 cm³/mol. The van der Waals surface area contributed by atoms with Gasteiger partial charge in [0.2, 0.25) is 0 Å². The normalized spacial score (nSPS) is 8.75. The van der Waals surface area contributed by atoms with Gasteiger partial charge in [0.25, 0.3) is 0 Å². The summed E-state index contributed by atoms with van der Waals surface area (Å²) < 4.78 is 4.78. The van der Waals surface area contributed by atoms with Crippen LogP contribution in [-0.2, 0) is 16.0 Å². The van der Waals surface area contributed by atoms with Crippen molar-refractivity contribution in [3.8, 4) is 0 Å². The minimum Gasteiger partial charge on any atom is -0.466 e. The molecule has 4 heteroatoms. The monoisotopic (exact) mass is 206 g/mol. The fourth-order valence-electron chi connectivity index (χ4n) is 0.748. The summed E-state index contributed by atoms with van der Waals surface area (Å²) in [5, 5.41) is 4.08. The van der Waals surface area contributed by atoms with Crippen LogP contribution in [0.4, 0.5) is 0 Å². The lowest BCUT2D eigenvalue weighted by Gasteiger charge is -1.98. The first-order valence-electron chi connectivity index (χ1n) is 3.43. The second-order valence-electron chi connectivity index (χ2n) is 2.22. The molecule has 0 N–H and O–H groups in total. The van der Waals surface area contributed by atoms with Crippen molar-refractivity contribution < 1.29 is 9.53 Å². The minimum atomic E-state index is -0.208. The zero-order chi connectivity index (χ0) is 8.10. The molecule has 0 spiro atoms. The van der Waals surface area contributed by atoms with Crippen molar-refractivity contribution in [3.63, 3.8) is 0 Å². The lowest BCUT2D eigenvalue weighted by molar-refractivity contribution is -0.140. The van der Waals surface area contributed by atoms with Gasteiger partial charge in [-0.25, -0.2) is 0 Å². The number of halogens is 1. The van der Waals surface area contributed by atoms with Gasteiger partial charge < -0.3 is 4.74 Å². The van der Waals surface area contributed by atoms with E-state index in [0.717, 1.165) is 6.42 Å². The summed E-state index contributed by atoms with van der Waals surface area (Å²) in [7, 11) is 0. The molecule has 0 aliphatic heterocycles. The van der Waals surface area contributed by atoms with Gasteiger partial charge in [-0.3, -0.25) is 4.79 Å². The molecule has 0 aliphatic carbocycles. The quantitative estimate of drug-likeness (QED) is 0.710. The lowest BCUT2D eigenvalue weighted by Crippen LogP contribution is -2.02. The Kier molecular flexibility index (Phi) is 5.76. The summed E-state index contributed by atoms with van der Waals surface area (Å²) in [6.45, 7) is 1.92. The van der Waals surface area contributed by atoms with Crippen molar-refractivity contribution in [2.24, 2.45) is 0 Å². The molecule has 0 aromatic carbocycles. The highest BCUT2D eigenvalue weighted by atomic mass is 35.5. The van der Waals surface area contributed by atoms with Crippen LogP contribution in [0.1, 0.15) is 12.5 Å². The average Bonchev–Trinajstić information content (AvgIpc) is 2.39. The van der Waals surface area contributed by atoms with Gasteiger partial charge in [0.15, 0.2) is 0 Å². The highest BCUT2D eigenvalue weighted by Crippen LogP contribution is 2.06. The van der Waals surface area contributed by atoms with Crippen LogP contribution in [0.15, 0.2) is 16.8 Å². The van der Waals surface area contributed by atoms with Crippen LogP contribution in [0, 0.1) is 0 Å². The van der Waals surface area contributed by atoms with Crippen molar-refractivity contribution in [1.82, 2.24) is 0 Å². The van der Waals surface area contributed by atoms with E-state index in [4.69, 9.17) is 4.74 Å². The van der Waals surface area contributed by atoms with Crippen LogP contribution < -0.4 is 0 Å². The Balaban J connectivity index is 0.00000121. The van der Waals surface area contributed by atoms with E-state index in [2.05, 4.69) is 5.38 Å². The van der Waals surface area contributed by atoms with Crippen molar-refractivity contribution in [1.29, 1.82) is 0 Å². The Morgan fingerprint density at radius 1 is 1.67 bits per heavy atom. The second kappa shape index (κ2) is 6.03. The number of thiophene rings is 1. The highest BCUT2D eigenvalue weighted by molar-refractivity contribution is 7.07. The number of hydrogen-bond acceptors (Lipinski definition) is 3. The van der Waals surface area contributed by atoms with Crippen LogP contribution in [0.5, 0.6) is 0 Å².